The molecule has 282 valence electrons. The number of rotatable bonds is 9. The van der Waals surface area contributed by atoms with E-state index in [2.05, 4.69) is 118 Å². The molecule has 4 heterocycles. The van der Waals surface area contributed by atoms with Gasteiger partial charge in [0.2, 0.25) is 0 Å². The number of methoxy groups -OCH3 is 4. The Morgan fingerprint density at radius 1 is 0.328 bits per heavy atom. The summed E-state index contributed by atoms with van der Waals surface area (Å²) in [6, 6.07) is 50.3. The summed E-state index contributed by atoms with van der Waals surface area (Å²) >= 11 is 0. The Hall–Kier alpha value is -7.58. The minimum Gasteiger partial charge on any atom is -0.497 e. The zero-order valence-corrected chi connectivity index (χ0v) is 32.4. The van der Waals surface area contributed by atoms with Gasteiger partial charge in [-0.3, -0.25) is 9.97 Å². The average molecular weight is 759 g/mol. The Morgan fingerprint density at radius 3 is 0.931 bits per heavy atom. The Morgan fingerprint density at radius 2 is 0.638 bits per heavy atom. The first kappa shape index (κ1) is 34.9. The molecule has 0 aliphatic rings. The highest BCUT2D eigenvalue weighted by Crippen LogP contribution is 2.39. The number of nitrogens with zero attached hydrogens (tertiary/aromatic N) is 4. The topological polar surface area (TPSA) is 72.6 Å². The van der Waals surface area contributed by atoms with E-state index in [0.717, 1.165) is 112 Å². The zero-order chi connectivity index (χ0) is 39.3. The van der Waals surface area contributed by atoms with E-state index in [1.165, 1.54) is 0 Å². The van der Waals surface area contributed by atoms with E-state index in [0.29, 0.717) is 0 Å². The first-order valence-corrected chi connectivity index (χ1v) is 19.0. The van der Waals surface area contributed by atoms with Gasteiger partial charge in [-0.25, -0.2) is 0 Å². The lowest BCUT2D eigenvalue weighted by molar-refractivity contribution is 0.415. The summed E-state index contributed by atoms with van der Waals surface area (Å²) in [6.45, 7) is 0. The standard InChI is InChI=1S/C50H38N4O4/c1-55-37-13-17-47-41(27-37)42-28-38(56-2)14-18-48(42)53(47)35-9-5-31(6-10-35)45-25-33(21-23-51-45)34-22-24-52-46(26-34)32-7-11-36(12-8-32)54-49-19-15-39(57-3)29-43(49)44-30-40(58-4)16-20-50(44)54/h5-30H,1-4H3. The molecule has 0 amide bonds. The van der Waals surface area contributed by atoms with E-state index < -0.39 is 0 Å². The molecule has 10 rings (SSSR count). The van der Waals surface area contributed by atoms with Crippen molar-refractivity contribution in [3.63, 3.8) is 0 Å². The summed E-state index contributed by atoms with van der Waals surface area (Å²) < 4.78 is 26.8. The zero-order valence-electron chi connectivity index (χ0n) is 32.4. The summed E-state index contributed by atoms with van der Waals surface area (Å²) in [5.41, 5.74) is 12.5. The lowest BCUT2D eigenvalue weighted by Crippen LogP contribution is -1.95. The summed E-state index contributed by atoms with van der Waals surface area (Å²) in [4.78, 5) is 9.55. The van der Waals surface area contributed by atoms with Gasteiger partial charge >= 0.3 is 0 Å². The number of aromatic nitrogens is 4. The molecule has 10 aromatic rings. The number of fused-ring (bicyclic) bond motifs is 6. The molecule has 8 nitrogen and oxygen atoms in total. The summed E-state index contributed by atoms with van der Waals surface area (Å²) in [7, 11) is 6.78. The minimum atomic E-state index is 0.814. The van der Waals surface area contributed by atoms with Crippen LogP contribution >= 0.6 is 0 Å². The van der Waals surface area contributed by atoms with Crippen LogP contribution in [0.1, 0.15) is 0 Å². The van der Waals surface area contributed by atoms with E-state index >= 15 is 0 Å². The Kier molecular flexibility index (Phi) is 8.52. The third-order valence-electron chi connectivity index (χ3n) is 11.1. The van der Waals surface area contributed by atoms with Gasteiger partial charge in [-0.1, -0.05) is 24.3 Å². The van der Waals surface area contributed by atoms with E-state index in [-0.39, 0.29) is 0 Å². The molecule has 0 aliphatic carbocycles. The summed E-state index contributed by atoms with van der Waals surface area (Å²) in [5.74, 6) is 3.26. The maximum absolute atomic E-state index is 5.57. The van der Waals surface area contributed by atoms with Crippen LogP contribution in [0.4, 0.5) is 0 Å². The van der Waals surface area contributed by atoms with Gasteiger partial charge in [0.15, 0.2) is 0 Å². The molecule has 0 saturated heterocycles. The quantitative estimate of drug-likeness (QED) is 0.146. The van der Waals surface area contributed by atoms with Gasteiger partial charge in [0.1, 0.15) is 23.0 Å². The largest absolute Gasteiger partial charge is 0.497 e. The molecule has 0 fully saturated rings. The first-order chi connectivity index (χ1) is 28.5. The van der Waals surface area contributed by atoms with E-state index in [4.69, 9.17) is 28.9 Å². The van der Waals surface area contributed by atoms with Crippen molar-refractivity contribution in [2.75, 3.05) is 28.4 Å². The average Bonchev–Trinajstić information content (AvgIpc) is 3.80. The maximum Gasteiger partial charge on any atom is 0.119 e. The van der Waals surface area contributed by atoms with Crippen molar-refractivity contribution < 1.29 is 18.9 Å². The predicted molar refractivity (Wildman–Crippen MR) is 233 cm³/mol. The maximum atomic E-state index is 5.57. The van der Waals surface area contributed by atoms with Crippen LogP contribution in [-0.2, 0) is 0 Å². The molecule has 0 atom stereocenters. The van der Waals surface area contributed by atoms with Gasteiger partial charge in [0.05, 0.1) is 61.9 Å². The predicted octanol–water partition coefficient (Wildman–Crippen LogP) is 11.7. The number of hydrogen-bond acceptors (Lipinski definition) is 6. The summed E-state index contributed by atoms with van der Waals surface area (Å²) in [6.07, 6.45) is 3.75. The molecule has 6 aromatic carbocycles. The molecule has 0 spiro atoms. The number of benzene rings is 6. The molecule has 0 saturated carbocycles. The lowest BCUT2D eigenvalue weighted by atomic mass is 10.0. The lowest BCUT2D eigenvalue weighted by Gasteiger charge is -2.11. The second-order valence-corrected chi connectivity index (χ2v) is 14.2. The molecular weight excluding hydrogens is 721 g/mol. The van der Waals surface area contributed by atoms with Crippen molar-refractivity contribution in [1.29, 1.82) is 0 Å². The van der Waals surface area contributed by atoms with Gasteiger partial charge in [-0.15, -0.1) is 0 Å². The van der Waals surface area contributed by atoms with Crippen molar-refractivity contribution in [2.24, 2.45) is 0 Å². The fourth-order valence-corrected chi connectivity index (χ4v) is 8.13. The van der Waals surface area contributed by atoms with Gasteiger partial charge < -0.3 is 28.1 Å². The van der Waals surface area contributed by atoms with Crippen molar-refractivity contribution >= 4 is 43.6 Å². The van der Waals surface area contributed by atoms with Gasteiger partial charge in [0.25, 0.3) is 0 Å². The Balaban J connectivity index is 0.954. The molecule has 0 N–H and O–H groups in total. The fraction of sp³-hybridized carbons (Fsp3) is 0.0800. The molecule has 0 aliphatic heterocycles. The minimum absolute atomic E-state index is 0.814. The molecule has 0 unspecified atom stereocenters. The smallest absolute Gasteiger partial charge is 0.119 e. The van der Waals surface area contributed by atoms with Crippen molar-refractivity contribution in [2.45, 2.75) is 0 Å². The molecule has 8 heteroatoms. The second kappa shape index (κ2) is 14.2. The third kappa shape index (κ3) is 5.85. The monoisotopic (exact) mass is 758 g/mol. The van der Waals surface area contributed by atoms with Gasteiger partial charge in [-0.2, -0.15) is 0 Å². The summed E-state index contributed by atoms with van der Waals surface area (Å²) in [5, 5.41) is 4.41. The van der Waals surface area contributed by atoms with Crippen LogP contribution in [0, 0.1) is 0 Å². The SMILES string of the molecule is COc1ccc2c(c1)c1cc(OC)ccc1n2-c1ccc(-c2cc(-c3ccnc(-c4ccc(-n5c6ccc(OC)cc6c6cc(OC)ccc65)cc4)c3)ccn2)cc1. The highest BCUT2D eigenvalue weighted by Gasteiger charge is 2.17. The molecule has 0 radical (unpaired) electrons. The molecule has 58 heavy (non-hydrogen) atoms. The Labute approximate surface area is 335 Å². The number of hydrogen-bond donors (Lipinski definition) is 0. The van der Waals surface area contributed by atoms with E-state index in [9.17, 15) is 0 Å². The highest BCUT2D eigenvalue weighted by molar-refractivity contribution is 6.11. The number of pyridine rings is 2. The van der Waals surface area contributed by atoms with E-state index in [1.807, 2.05) is 48.8 Å². The fourth-order valence-electron chi connectivity index (χ4n) is 8.13. The Bertz CT molecular complexity index is 2830. The van der Waals surface area contributed by atoms with Crippen LogP contribution in [0.25, 0.3) is 88.6 Å². The normalized spacial score (nSPS) is 11.4. The second-order valence-electron chi connectivity index (χ2n) is 14.2. The van der Waals surface area contributed by atoms with Crippen LogP contribution in [0.5, 0.6) is 23.0 Å². The highest BCUT2D eigenvalue weighted by atomic mass is 16.5. The van der Waals surface area contributed by atoms with Crippen molar-refractivity contribution in [1.82, 2.24) is 19.1 Å². The third-order valence-corrected chi connectivity index (χ3v) is 11.1. The van der Waals surface area contributed by atoms with Gasteiger partial charge in [0, 0.05) is 56.4 Å². The van der Waals surface area contributed by atoms with Gasteiger partial charge in [-0.05, 0) is 132 Å². The van der Waals surface area contributed by atoms with E-state index in [1.54, 1.807) is 28.4 Å². The molecule has 0 bridgehead atoms. The molecular formula is C50H38N4O4. The van der Waals surface area contributed by atoms with Crippen LogP contribution < -0.4 is 18.9 Å². The van der Waals surface area contributed by atoms with Crippen LogP contribution in [0.3, 0.4) is 0 Å². The molecule has 4 aromatic heterocycles. The van der Waals surface area contributed by atoms with Crippen LogP contribution in [0.2, 0.25) is 0 Å². The first-order valence-electron chi connectivity index (χ1n) is 19.0. The van der Waals surface area contributed by atoms with Crippen LogP contribution in [0.15, 0.2) is 158 Å². The van der Waals surface area contributed by atoms with Crippen LogP contribution in [-0.4, -0.2) is 47.5 Å². The van der Waals surface area contributed by atoms with Crippen molar-refractivity contribution in [3.05, 3.63) is 158 Å². The van der Waals surface area contributed by atoms with Crippen molar-refractivity contribution in [3.8, 4) is 68.0 Å². The number of ether oxygens (including phenoxy) is 4.